The van der Waals surface area contributed by atoms with E-state index in [0.717, 1.165) is 0 Å². The Morgan fingerprint density at radius 2 is 1.88 bits per heavy atom. The normalized spacial score (nSPS) is 14.9. The summed E-state index contributed by atoms with van der Waals surface area (Å²) in [7, 11) is 0. The highest BCUT2D eigenvalue weighted by Gasteiger charge is 2.24. The molecule has 0 saturated carbocycles. The van der Waals surface area contributed by atoms with Crippen LogP contribution in [0.2, 0.25) is 0 Å². The first-order valence-electron chi connectivity index (χ1n) is 5.55. The lowest BCUT2D eigenvalue weighted by atomic mass is 10.1. The molecule has 0 saturated heterocycles. The molecule has 0 bridgehead atoms. The number of nitrogens with one attached hydrogen (secondary N) is 1. The van der Waals surface area contributed by atoms with Crippen LogP contribution in [0.25, 0.3) is 0 Å². The topological polar surface area (TPSA) is 95.9 Å². The molecule has 2 unspecified atom stereocenters. The number of hydrogen-bond acceptors (Lipinski definition) is 4. The summed E-state index contributed by atoms with van der Waals surface area (Å²) in [6.07, 6.45) is -1.76. The van der Waals surface area contributed by atoms with Crippen LogP contribution in [-0.2, 0) is 9.53 Å². The lowest BCUT2D eigenvalue weighted by molar-refractivity contribution is -0.139. The van der Waals surface area contributed by atoms with E-state index in [4.69, 9.17) is 9.84 Å². The molecular formula is C11H21NO5. The van der Waals surface area contributed by atoms with E-state index in [-0.39, 0.29) is 0 Å². The molecule has 0 aliphatic carbocycles. The molecule has 0 aromatic carbocycles. The molecule has 100 valence electrons. The Morgan fingerprint density at radius 1 is 1.35 bits per heavy atom. The molecule has 0 aromatic rings. The fraction of sp³-hybridized carbons (Fsp3) is 0.818. The van der Waals surface area contributed by atoms with Crippen LogP contribution in [-0.4, -0.2) is 40.0 Å². The first-order valence-corrected chi connectivity index (χ1v) is 5.55. The smallest absolute Gasteiger partial charge is 0.407 e. The fourth-order valence-corrected chi connectivity index (χ4v) is 1.25. The largest absolute Gasteiger partial charge is 0.481 e. The summed E-state index contributed by atoms with van der Waals surface area (Å²) in [5.41, 5.74) is -0.625. The van der Waals surface area contributed by atoms with Crippen molar-refractivity contribution < 1.29 is 24.5 Å². The number of carbonyl (C=O) groups excluding carboxylic acids is 1. The molecule has 0 aliphatic rings. The number of alkyl carbamates (subject to hydrolysis) is 1. The number of aliphatic hydroxyl groups is 1. The standard InChI is InChI=1S/C11H21NO5/c1-5-7(8(13)6-9(14)15)12-10(16)17-11(2,3)4/h7-8,13H,5-6H2,1-4H3,(H,12,16)(H,14,15). The quantitative estimate of drug-likeness (QED) is 0.676. The second kappa shape index (κ2) is 6.44. The lowest BCUT2D eigenvalue weighted by Gasteiger charge is -2.25. The average Bonchev–Trinajstić information content (AvgIpc) is 2.09. The zero-order chi connectivity index (χ0) is 13.6. The third kappa shape index (κ3) is 7.57. The summed E-state index contributed by atoms with van der Waals surface area (Å²) in [6, 6.07) is -0.624. The third-order valence-electron chi connectivity index (χ3n) is 1.99. The second-order valence-corrected chi connectivity index (χ2v) is 4.83. The molecule has 0 heterocycles. The number of rotatable bonds is 5. The molecule has 0 aromatic heterocycles. The van der Waals surface area contributed by atoms with Crippen LogP contribution in [0.3, 0.4) is 0 Å². The number of carbonyl (C=O) groups is 2. The van der Waals surface area contributed by atoms with Crippen LogP contribution in [0.1, 0.15) is 40.5 Å². The number of carboxylic acid groups (broad SMARTS) is 1. The van der Waals surface area contributed by atoms with E-state index in [0.29, 0.717) is 6.42 Å². The second-order valence-electron chi connectivity index (χ2n) is 4.83. The minimum Gasteiger partial charge on any atom is -0.481 e. The van der Waals surface area contributed by atoms with Gasteiger partial charge in [-0.25, -0.2) is 4.79 Å². The van der Waals surface area contributed by atoms with Gasteiger partial charge in [0.05, 0.1) is 18.6 Å². The van der Waals surface area contributed by atoms with Crippen molar-refractivity contribution in [3.05, 3.63) is 0 Å². The SMILES string of the molecule is CCC(NC(=O)OC(C)(C)C)C(O)CC(=O)O. The van der Waals surface area contributed by atoms with Crippen molar-refractivity contribution >= 4 is 12.1 Å². The van der Waals surface area contributed by atoms with Gasteiger partial charge in [0.15, 0.2) is 0 Å². The summed E-state index contributed by atoms with van der Waals surface area (Å²) in [6.45, 7) is 6.91. The van der Waals surface area contributed by atoms with E-state index in [1.807, 2.05) is 0 Å². The minimum absolute atomic E-state index is 0.408. The Kier molecular flexibility index (Phi) is 5.95. The molecule has 0 spiro atoms. The van der Waals surface area contributed by atoms with Crippen molar-refractivity contribution in [2.45, 2.75) is 58.3 Å². The molecule has 17 heavy (non-hydrogen) atoms. The van der Waals surface area contributed by atoms with Gasteiger partial charge in [0.2, 0.25) is 0 Å². The van der Waals surface area contributed by atoms with Gasteiger partial charge in [-0.05, 0) is 27.2 Å². The van der Waals surface area contributed by atoms with Gasteiger partial charge < -0.3 is 20.3 Å². The number of aliphatic carboxylic acids is 1. The van der Waals surface area contributed by atoms with Crippen LogP contribution in [0.5, 0.6) is 0 Å². The molecule has 0 fully saturated rings. The van der Waals surface area contributed by atoms with Crippen molar-refractivity contribution in [2.75, 3.05) is 0 Å². The maximum Gasteiger partial charge on any atom is 0.407 e. The van der Waals surface area contributed by atoms with E-state index >= 15 is 0 Å². The highest BCUT2D eigenvalue weighted by molar-refractivity contribution is 5.69. The molecule has 0 radical (unpaired) electrons. The van der Waals surface area contributed by atoms with Crippen LogP contribution in [0.4, 0.5) is 4.79 Å². The van der Waals surface area contributed by atoms with Crippen LogP contribution < -0.4 is 5.32 Å². The molecule has 6 nitrogen and oxygen atoms in total. The van der Waals surface area contributed by atoms with Crippen LogP contribution in [0, 0.1) is 0 Å². The Bertz CT molecular complexity index is 272. The minimum atomic E-state index is -1.12. The highest BCUT2D eigenvalue weighted by atomic mass is 16.6. The number of ether oxygens (including phenoxy) is 1. The summed E-state index contributed by atoms with van der Waals surface area (Å²) in [5, 5.41) is 20.6. The summed E-state index contributed by atoms with van der Waals surface area (Å²) < 4.78 is 5.02. The lowest BCUT2D eigenvalue weighted by Crippen LogP contribution is -2.45. The third-order valence-corrected chi connectivity index (χ3v) is 1.99. The number of aliphatic hydroxyl groups excluding tert-OH is 1. The summed E-state index contributed by atoms with van der Waals surface area (Å²) in [5.74, 6) is -1.11. The number of hydrogen-bond donors (Lipinski definition) is 3. The van der Waals surface area contributed by atoms with Gasteiger partial charge in [0, 0.05) is 0 Å². The van der Waals surface area contributed by atoms with Crippen molar-refractivity contribution in [1.82, 2.24) is 5.32 Å². The first-order chi connectivity index (χ1) is 7.65. The predicted molar refractivity (Wildman–Crippen MR) is 61.7 cm³/mol. The van der Waals surface area contributed by atoms with Gasteiger partial charge in [-0.1, -0.05) is 6.92 Å². The van der Waals surface area contributed by atoms with Gasteiger partial charge in [-0.2, -0.15) is 0 Å². The van der Waals surface area contributed by atoms with Crippen molar-refractivity contribution in [3.63, 3.8) is 0 Å². The van der Waals surface area contributed by atoms with Gasteiger partial charge in [0.25, 0.3) is 0 Å². The Labute approximate surface area is 101 Å². The van der Waals surface area contributed by atoms with Gasteiger partial charge >= 0.3 is 12.1 Å². The molecule has 3 N–H and O–H groups in total. The first kappa shape index (κ1) is 15.7. The van der Waals surface area contributed by atoms with E-state index in [9.17, 15) is 14.7 Å². The van der Waals surface area contributed by atoms with Crippen molar-refractivity contribution in [1.29, 1.82) is 0 Å². The molecule has 0 aliphatic heterocycles. The fourth-order valence-electron chi connectivity index (χ4n) is 1.25. The van der Waals surface area contributed by atoms with E-state index in [1.165, 1.54) is 0 Å². The van der Waals surface area contributed by atoms with E-state index in [1.54, 1.807) is 27.7 Å². The Hall–Kier alpha value is -1.30. The monoisotopic (exact) mass is 247 g/mol. The summed E-state index contributed by atoms with van der Waals surface area (Å²) >= 11 is 0. The van der Waals surface area contributed by atoms with E-state index in [2.05, 4.69) is 5.32 Å². The Morgan fingerprint density at radius 3 is 2.24 bits per heavy atom. The molecule has 2 atom stereocenters. The average molecular weight is 247 g/mol. The molecule has 0 rings (SSSR count). The van der Waals surface area contributed by atoms with Crippen LogP contribution in [0.15, 0.2) is 0 Å². The maximum atomic E-state index is 11.4. The van der Waals surface area contributed by atoms with Crippen molar-refractivity contribution in [2.24, 2.45) is 0 Å². The molecular weight excluding hydrogens is 226 g/mol. The zero-order valence-corrected chi connectivity index (χ0v) is 10.7. The highest BCUT2D eigenvalue weighted by Crippen LogP contribution is 2.09. The number of amides is 1. The molecule has 6 heteroatoms. The summed E-state index contributed by atoms with van der Waals surface area (Å²) in [4.78, 5) is 21.9. The van der Waals surface area contributed by atoms with Crippen LogP contribution >= 0.6 is 0 Å². The van der Waals surface area contributed by atoms with Gasteiger partial charge in [0.1, 0.15) is 5.60 Å². The molecule has 1 amide bonds. The Balaban J connectivity index is 4.30. The van der Waals surface area contributed by atoms with Crippen molar-refractivity contribution in [3.8, 4) is 0 Å². The predicted octanol–water partition coefficient (Wildman–Crippen LogP) is 1.13. The van der Waals surface area contributed by atoms with Gasteiger partial charge in [-0.15, -0.1) is 0 Å². The maximum absolute atomic E-state index is 11.4. The van der Waals surface area contributed by atoms with Gasteiger partial charge in [-0.3, -0.25) is 4.79 Å². The van der Waals surface area contributed by atoms with E-state index < -0.39 is 36.2 Å². The number of carboxylic acids is 1. The zero-order valence-electron chi connectivity index (χ0n) is 10.7.